The van der Waals surface area contributed by atoms with E-state index in [9.17, 15) is 0 Å². The second-order valence-electron chi connectivity index (χ2n) is 4.50. The lowest BCUT2D eigenvalue weighted by molar-refractivity contribution is 0.435. The summed E-state index contributed by atoms with van der Waals surface area (Å²) in [6.07, 6.45) is 4.66. The highest BCUT2D eigenvalue weighted by molar-refractivity contribution is 7.11. The van der Waals surface area contributed by atoms with Crippen molar-refractivity contribution >= 4 is 11.3 Å². The minimum Gasteiger partial charge on any atom is -0.347 e. The van der Waals surface area contributed by atoms with E-state index in [0.717, 1.165) is 22.9 Å². The van der Waals surface area contributed by atoms with Crippen molar-refractivity contribution in [1.29, 1.82) is 0 Å². The number of imidazole rings is 1. The molecule has 0 amide bonds. The molecule has 0 saturated heterocycles. The van der Waals surface area contributed by atoms with Crippen molar-refractivity contribution < 1.29 is 0 Å². The van der Waals surface area contributed by atoms with Crippen molar-refractivity contribution in [3.05, 3.63) is 33.8 Å². The van der Waals surface area contributed by atoms with E-state index in [1.807, 2.05) is 6.20 Å². The molecule has 0 spiro atoms. The summed E-state index contributed by atoms with van der Waals surface area (Å²) in [5.41, 5.74) is 1.16. The van der Waals surface area contributed by atoms with E-state index in [2.05, 4.69) is 48.0 Å². The minimum atomic E-state index is 0.241. The van der Waals surface area contributed by atoms with Crippen LogP contribution in [0.2, 0.25) is 0 Å². The molecule has 0 aliphatic heterocycles. The molecule has 98 valence electrons. The Labute approximate surface area is 112 Å². The normalized spacial score (nSPS) is 14.7. The van der Waals surface area contributed by atoms with Crippen molar-refractivity contribution in [3.8, 4) is 0 Å². The van der Waals surface area contributed by atoms with Gasteiger partial charge in [0.1, 0.15) is 5.82 Å². The zero-order chi connectivity index (χ0) is 13.1. The van der Waals surface area contributed by atoms with Gasteiger partial charge < -0.3 is 4.98 Å². The standard InChI is InChI=1S/C13H20N4S/c1-5-11(13-14-6-7-15-13)16-8(2)12-9(3)18-10(4)17-12/h6-8,11,16H,5H2,1-4H3,(H,14,15). The zero-order valence-electron chi connectivity index (χ0n) is 11.3. The second-order valence-corrected chi connectivity index (χ2v) is 5.91. The van der Waals surface area contributed by atoms with Crippen LogP contribution in [-0.4, -0.2) is 15.0 Å². The van der Waals surface area contributed by atoms with Gasteiger partial charge >= 0.3 is 0 Å². The third kappa shape index (κ3) is 2.79. The van der Waals surface area contributed by atoms with Crippen molar-refractivity contribution in [2.24, 2.45) is 0 Å². The lowest BCUT2D eigenvalue weighted by atomic mass is 10.1. The number of hydrogen-bond acceptors (Lipinski definition) is 4. The monoisotopic (exact) mass is 264 g/mol. The van der Waals surface area contributed by atoms with E-state index in [4.69, 9.17) is 0 Å². The molecule has 5 heteroatoms. The Morgan fingerprint density at radius 3 is 2.72 bits per heavy atom. The van der Waals surface area contributed by atoms with E-state index < -0.39 is 0 Å². The van der Waals surface area contributed by atoms with E-state index in [-0.39, 0.29) is 12.1 Å². The lowest BCUT2D eigenvalue weighted by Gasteiger charge is -2.20. The molecule has 2 N–H and O–H groups in total. The van der Waals surface area contributed by atoms with Gasteiger partial charge in [-0.2, -0.15) is 0 Å². The van der Waals surface area contributed by atoms with Gasteiger partial charge in [0.15, 0.2) is 0 Å². The van der Waals surface area contributed by atoms with Crippen molar-refractivity contribution in [1.82, 2.24) is 20.3 Å². The maximum absolute atomic E-state index is 4.60. The number of H-pyrrole nitrogens is 1. The summed E-state index contributed by atoms with van der Waals surface area (Å²) < 4.78 is 0. The Morgan fingerprint density at radius 2 is 2.22 bits per heavy atom. The fraction of sp³-hybridized carbons (Fsp3) is 0.538. The molecule has 2 unspecified atom stereocenters. The van der Waals surface area contributed by atoms with Gasteiger partial charge in [0.05, 0.1) is 16.7 Å². The molecule has 0 fully saturated rings. The van der Waals surface area contributed by atoms with E-state index >= 15 is 0 Å². The largest absolute Gasteiger partial charge is 0.347 e. The van der Waals surface area contributed by atoms with Crippen LogP contribution in [0, 0.1) is 13.8 Å². The Morgan fingerprint density at radius 1 is 1.44 bits per heavy atom. The summed E-state index contributed by atoms with van der Waals surface area (Å²) >= 11 is 1.76. The SMILES string of the molecule is CCC(NC(C)c1nc(C)sc1C)c1ncc[nH]1. The van der Waals surface area contributed by atoms with Gasteiger partial charge in [-0.25, -0.2) is 9.97 Å². The molecular formula is C13H20N4S. The second kappa shape index (κ2) is 5.63. The molecular weight excluding hydrogens is 244 g/mol. The van der Waals surface area contributed by atoms with Crippen LogP contribution in [0.4, 0.5) is 0 Å². The fourth-order valence-corrected chi connectivity index (χ4v) is 3.10. The molecule has 2 aromatic heterocycles. The maximum Gasteiger partial charge on any atom is 0.123 e. The zero-order valence-corrected chi connectivity index (χ0v) is 12.1. The topological polar surface area (TPSA) is 53.6 Å². The van der Waals surface area contributed by atoms with Crippen LogP contribution in [0.5, 0.6) is 0 Å². The first kappa shape index (κ1) is 13.2. The highest BCUT2D eigenvalue weighted by Gasteiger charge is 2.18. The van der Waals surface area contributed by atoms with Gasteiger partial charge in [0.25, 0.3) is 0 Å². The molecule has 0 saturated carbocycles. The third-order valence-corrected chi connectivity index (χ3v) is 3.96. The van der Waals surface area contributed by atoms with Crippen LogP contribution in [-0.2, 0) is 0 Å². The van der Waals surface area contributed by atoms with Crippen molar-refractivity contribution in [2.45, 2.75) is 46.2 Å². The van der Waals surface area contributed by atoms with Crippen LogP contribution in [0.1, 0.15) is 53.8 Å². The highest BCUT2D eigenvalue weighted by Crippen LogP contribution is 2.25. The van der Waals surface area contributed by atoms with Gasteiger partial charge in [-0.05, 0) is 27.2 Å². The first-order valence-electron chi connectivity index (χ1n) is 6.31. The number of nitrogens with one attached hydrogen (secondary N) is 2. The minimum absolute atomic E-state index is 0.241. The molecule has 2 rings (SSSR count). The Bertz CT molecular complexity index is 489. The van der Waals surface area contributed by atoms with Crippen LogP contribution < -0.4 is 5.32 Å². The highest BCUT2D eigenvalue weighted by atomic mass is 32.1. The number of aromatic nitrogens is 3. The van der Waals surface area contributed by atoms with Gasteiger partial charge in [-0.1, -0.05) is 6.92 Å². The van der Waals surface area contributed by atoms with Gasteiger partial charge in [-0.3, -0.25) is 5.32 Å². The Balaban J connectivity index is 2.10. The average Bonchev–Trinajstić information content (AvgIpc) is 2.95. The average molecular weight is 264 g/mol. The molecule has 2 aromatic rings. The van der Waals surface area contributed by atoms with Crippen molar-refractivity contribution in [3.63, 3.8) is 0 Å². The molecule has 0 aromatic carbocycles. The molecule has 4 nitrogen and oxygen atoms in total. The molecule has 0 bridgehead atoms. The molecule has 0 aliphatic carbocycles. The van der Waals surface area contributed by atoms with Crippen molar-refractivity contribution in [2.75, 3.05) is 0 Å². The molecule has 2 atom stereocenters. The third-order valence-electron chi connectivity index (χ3n) is 3.06. The number of aryl methyl sites for hydroxylation is 2. The predicted octanol–water partition coefficient (Wildman–Crippen LogP) is 3.28. The van der Waals surface area contributed by atoms with E-state index in [1.165, 1.54) is 4.88 Å². The fourth-order valence-electron chi connectivity index (χ4n) is 2.19. The van der Waals surface area contributed by atoms with Crippen LogP contribution in [0.15, 0.2) is 12.4 Å². The number of nitrogens with zero attached hydrogens (tertiary/aromatic N) is 2. The summed E-state index contributed by atoms with van der Waals surface area (Å²) in [5, 5.41) is 4.72. The number of rotatable bonds is 5. The summed E-state index contributed by atoms with van der Waals surface area (Å²) in [6.45, 7) is 8.50. The quantitative estimate of drug-likeness (QED) is 0.871. The number of aromatic amines is 1. The Kier molecular flexibility index (Phi) is 4.14. The van der Waals surface area contributed by atoms with Gasteiger partial charge in [-0.15, -0.1) is 11.3 Å². The maximum atomic E-state index is 4.60. The molecule has 0 radical (unpaired) electrons. The number of hydrogen-bond donors (Lipinski definition) is 2. The summed E-state index contributed by atoms with van der Waals surface area (Å²) in [7, 11) is 0. The summed E-state index contributed by atoms with van der Waals surface area (Å²) in [4.78, 5) is 13.4. The first-order valence-corrected chi connectivity index (χ1v) is 7.12. The number of thiazole rings is 1. The predicted molar refractivity (Wildman–Crippen MR) is 74.8 cm³/mol. The van der Waals surface area contributed by atoms with Gasteiger partial charge in [0.2, 0.25) is 0 Å². The Hall–Kier alpha value is -1.20. The molecule has 18 heavy (non-hydrogen) atoms. The van der Waals surface area contributed by atoms with Crippen LogP contribution >= 0.6 is 11.3 Å². The summed E-state index contributed by atoms with van der Waals surface area (Å²) in [5.74, 6) is 0.994. The molecule has 0 aliphatic rings. The van der Waals surface area contributed by atoms with Crippen LogP contribution in [0.3, 0.4) is 0 Å². The van der Waals surface area contributed by atoms with Gasteiger partial charge in [0, 0.05) is 23.3 Å². The molecule has 2 heterocycles. The van der Waals surface area contributed by atoms with Crippen LogP contribution in [0.25, 0.3) is 0 Å². The lowest BCUT2D eigenvalue weighted by Crippen LogP contribution is -2.25. The van der Waals surface area contributed by atoms with E-state index in [0.29, 0.717) is 0 Å². The first-order chi connectivity index (χ1) is 8.61. The summed E-state index contributed by atoms with van der Waals surface area (Å²) in [6, 6.07) is 0.487. The van der Waals surface area contributed by atoms with E-state index in [1.54, 1.807) is 17.5 Å². The smallest absolute Gasteiger partial charge is 0.123 e.